The highest BCUT2D eigenvalue weighted by atomic mass is 32.1. The van der Waals surface area contributed by atoms with Crippen molar-refractivity contribution >= 4 is 35.0 Å². The molecule has 0 unspecified atom stereocenters. The lowest BCUT2D eigenvalue weighted by molar-refractivity contribution is -0.137. The second kappa shape index (κ2) is 16.0. The van der Waals surface area contributed by atoms with E-state index >= 15 is 0 Å². The molecule has 0 bridgehead atoms. The first-order chi connectivity index (χ1) is 20.2. The van der Waals surface area contributed by atoms with Crippen molar-refractivity contribution in [2.75, 3.05) is 6.54 Å². The first-order valence-corrected chi connectivity index (χ1v) is 14.6. The fraction of sp³-hybridized carbons (Fsp3) is 0.290. The summed E-state index contributed by atoms with van der Waals surface area (Å²) in [5, 5.41) is 19.3. The molecule has 3 amide bonds. The van der Waals surface area contributed by atoms with Gasteiger partial charge in [-0.2, -0.15) is 0 Å². The number of carbonyl (C=O) groups excluding carboxylic acids is 3. The first kappa shape index (κ1) is 31.9. The molecule has 0 aliphatic carbocycles. The zero-order valence-corrected chi connectivity index (χ0v) is 24.3. The first-order valence-electron chi connectivity index (χ1n) is 13.7. The van der Waals surface area contributed by atoms with Gasteiger partial charge in [0.25, 0.3) is 0 Å². The van der Waals surface area contributed by atoms with Crippen LogP contribution in [0.15, 0.2) is 77.9 Å². The second-order valence-corrected chi connectivity index (χ2v) is 10.6. The number of aliphatic carboxylic acids is 1. The van der Waals surface area contributed by atoms with Crippen molar-refractivity contribution in [3.05, 3.63) is 83.5 Å². The summed E-state index contributed by atoms with van der Waals surface area (Å²) >= 11 is 1.67. The van der Waals surface area contributed by atoms with E-state index in [0.717, 1.165) is 16.0 Å². The highest BCUT2D eigenvalue weighted by Crippen LogP contribution is 2.32. The van der Waals surface area contributed by atoms with E-state index in [1.807, 2.05) is 49.4 Å². The lowest BCUT2D eigenvalue weighted by Crippen LogP contribution is -2.53. The molecule has 1 aromatic heterocycles. The number of rotatable bonds is 16. The van der Waals surface area contributed by atoms with Gasteiger partial charge in [-0.25, -0.2) is 0 Å². The van der Waals surface area contributed by atoms with Crippen LogP contribution >= 0.6 is 11.3 Å². The van der Waals surface area contributed by atoms with Crippen molar-refractivity contribution in [2.45, 2.75) is 51.1 Å². The Morgan fingerprint density at radius 1 is 0.929 bits per heavy atom. The molecule has 222 valence electrons. The Labute approximate surface area is 249 Å². The maximum Gasteiger partial charge on any atom is 0.303 e. The fourth-order valence-corrected chi connectivity index (χ4v) is 5.24. The summed E-state index contributed by atoms with van der Waals surface area (Å²) in [5.74, 6) is -3.01. The van der Waals surface area contributed by atoms with Crippen LogP contribution in [0.3, 0.4) is 0 Å². The van der Waals surface area contributed by atoms with Crippen LogP contribution in [0.1, 0.15) is 38.2 Å². The van der Waals surface area contributed by atoms with Gasteiger partial charge in [0.2, 0.25) is 17.7 Å². The van der Waals surface area contributed by atoms with E-state index < -0.39 is 29.9 Å². The minimum atomic E-state index is -1.19. The van der Waals surface area contributed by atoms with Gasteiger partial charge in [-0.05, 0) is 53.5 Å². The molecule has 0 radical (unpaired) electrons. The van der Waals surface area contributed by atoms with Gasteiger partial charge in [-0.3, -0.25) is 19.2 Å². The smallest absolute Gasteiger partial charge is 0.303 e. The van der Waals surface area contributed by atoms with Crippen molar-refractivity contribution < 1.29 is 24.3 Å². The van der Waals surface area contributed by atoms with Crippen molar-refractivity contribution in [3.8, 4) is 21.6 Å². The minimum absolute atomic E-state index is 0.0484. The Bertz CT molecular complexity index is 1390. The molecule has 0 saturated carbocycles. The number of aryl methyl sites for hydroxylation is 1. The van der Waals surface area contributed by atoms with Gasteiger partial charge in [-0.1, -0.05) is 54.6 Å². The predicted octanol–water partition coefficient (Wildman–Crippen LogP) is 3.13. The summed E-state index contributed by atoms with van der Waals surface area (Å²) in [5.41, 5.74) is 16.0. The van der Waals surface area contributed by atoms with Crippen LogP contribution in [0.25, 0.3) is 21.6 Å². The van der Waals surface area contributed by atoms with Crippen LogP contribution in [0.4, 0.5) is 0 Å². The third kappa shape index (κ3) is 9.77. The van der Waals surface area contributed by atoms with Crippen molar-refractivity contribution in [3.63, 3.8) is 0 Å². The number of nitrogens with two attached hydrogens (primary N) is 2. The quantitative estimate of drug-likeness (QED) is 0.148. The summed E-state index contributed by atoms with van der Waals surface area (Å²) < 4.78 is 0. The molecule has 0 spiro atoms. The average Bonchev–Trinajstić information content (AvgIpc) is 3.48. The summed E-state index contributed by atoms with van der Waals surface area (Å²) in [6.07, 6.45) is 1.42. The number of benzene rings is 2. The molecule has 2 atom stereocenters. The summed E-state index contributed by atoms with van der Waals surface area (Å²) in [4.78, 5) is 49.8. The molecule has 11 heteroatoms. The van der Waals surface area contributed by atoms with Crippen molar-refractivity contribution in [1.82, 2.24) is 16.0 Å². The van der Waals surface area contributed by atoms with E-state index in [2.05, 4.69) is 39.5 Å². The molecule has 3 aromatic rings. The molecule has 1 heterocycles. The highest BCUT2D eigenvalue weighted by molar-refractivity contribution is 7.14. The van der Waals surface area contributed by atoms with Gasteiger partial charge < -0.3 is 32.5 Å². The van der Waals surface area contributed by atoms with Gasteiger partial charge in [0.15, 0.2) is 0 Å². The molecule has 0 aliphatic heterocycles. The predicted molar refractivity (Wildman–Crippen MR) is 164 cm³/mol. The van der Waals surface area contributed by atoms with Crippen LogP contribution < -0.4 is 27.4 Å². The molecule has 2 aromatic carbocycles. The largest absolute Gasteiger partial charge is 0.481 e. The van der Waals surface area contributed by atoms with Crippen LogP contribution in [0.2, 0.25) is 0 Å². The Morgan fingerprint density at radius 3 is 2.26 bits per heavy atom. The molecular formula is C31H37N5O5S. The van der Waals surface area contributed by atoms with E-state index in [-0.39, 0.29) is 31.6 Å². The average molecular weight is 592 g/mol. The van der Waals surface area contributed by atoms with E-state index in [1.54, 1.807) is 11.3 Å². The van der Waals surface area contributed by atoms with Gasteiger partial charge >= 0.3 is 5.97 Å². The van der Waals surface area contributed by atoms with Gasteiger partial charge in [0.1, 0.15) is 12.1 Å². The minimum Gasteiger partial charge on any atom is -0.481 e. The Hall–Kier alpha value is -4.64. The topological polar surface area (TPSA) is 177 Å². The number of primary amides is 1. The molecule has 3 rings (SSSR count). The zero-order chi connectivity index (χ0) is 30.5. The monoisotopic (exact) mass is 591 g/mol. The fourth-order valence-electron chi connectivity index (χ4n) is 4.31. The number of hydrogen-bond donors (Lipinski definition) is 6. The number of thiophene rings is 1. The van der Waals surface area contributed by atoms with E-state index in [0.29, 0.717) is 18.7 Å². The third-order valence-electron chi connectivity index (χ3n) is 6.57. The number of hydrogen-bond acceptors (Lipinski definition) is 7. The summed E-state index contributed by atoms with van der Waals surface area (Å²) in [6, 6.07) is 18.1. The summed E-state index contributed by atoms with van der Waals surface area (Å²) in [7, 11) is 0. The number of carbonyl (C=O) groups is 4. The Balaban J connectivity index is 1.62. The Morgan fingerprint density at radius 2 is 1.64 bits per heavy atom. The maximum atomic E-state index is 13.1. The third-order valence-corrected chi connectivity index (χ3v) is 7.55. The van der Waals surface area contributed by atoms with Crippen LogP contribution in [0.5, 0.6) is 0 Å². The van der Waals surface area contributed by atoms with Crippen molar-refractivity contribution in [1.29, 1.82) is 0 Å². The second-order valence-electron chi connectivity index (χ2n) is 9.70. The van der Waals surface area contributed by atoms with Crippen molar-refractivity contribution in [2.24, 2.45) is 11.5 Å². The highest BCUT2D eigenvalue weighted by Gasteiger charge is 2.27. The SMILES string of the molecule is CCN/C(=C\N)C[C@H](NC(=O)CCc1ccc(-c2cc(-c3ccccc3)cs2)cc1)C(=O)N[C@@H](CCC(=O)O)C(N)=O. The molecule has 0 aliphatic rings. The maximum absolute atomic E-state index is 13.1. The lowest BCUT2D eigenvalue weighted by atomic mass is 10.0. The molecule has 0 fully saturated rings. The van der Waals surface area contributed by atoms with Gasteiger partial charge in [0.05, 0.1) is 0 Å². The number of carboxylic acid groups (broad SMARTS) is 1. The van der Waals surface area contributed by atoms with E-state index in [1.165, 1.54) is 17.3 Å². The van der Waals surface area contributed by atoms with Gasteiger partial charge in [-0.15, -0.1) is 11.3 Å². The Kier molecular flexibility index (Phi) is 12.1. The standard InChI is InChI=1S/C31H37N5O5S/c1-2-34-24(18-32)17-26(31(41)36-25(30(33)40)13-15-29(38)39)35-28(37)14-10-20-8-11-22(12-9-20)27-16-23(19-42-27)21-6-4-3-5-7-21/h3-9,11-12,16,18-19,25-26,34H,2,10,13-15,17,32H2,1H3,(H2,33,40)(H,35,37)(H,36,41)(H,38,39)/b24-18-/t25-,26-/m0/s1. The summed E-state index contributed by atoms with van der Waals surface area (Å²) in [6.45, 7) is 2.40. The molecule has 42 heavy (non-hydrogen) atoms. The molecule has 8 N–H and O–H groups in total. The van der Waals surface area contributed by atoms with Crippen LogP contribution in [-0.4, -0.2) is 47.4 Å². The van der Waals surface area contributed by atoms with Crippen LogP contribution in [0, 0.1) is 0 Å². The molecule has 10 nitrogen and oxygen atoms in total. The molecule has 0 saturated heterocycles. The number of amides is 3. The molecular weight excluding hydrogens is 554 g/mol. The van der Waals surface area contributed by atoms with Gasteiger partial charge in [0, 0.05) is 42.6 Å². The van der Waals surface area contributed by atoms with E-state index in [9.17, 15) is 19.2 Å². The van der Waals surface area contributed by atoms with E-state index in [4.69, 9.17) is 16.6 Å². The normalized spacial score (nSPS) is 12.6. The number of nitrogens with one attached hydrogen (secondary N) is 3. The van der Waals surface area contributed by atoms with Crippen LogP contribution in [-0.2, 0) is 25.6 Å². The number of carboxylic acids is 1. The lowest BCUT2D eigenvalue weighted by Gasteiger charge is -2.23. The zero-order valence-electron chi connectivity index (χ0n) is 23.5.